The minimum absolute atomic E-state index is 0.190. The first-order valence-corrected chi connectivity index (χ1v) is 8.94. The molecule has 0 radical (unpaired) electrons. The summed E-state index contributed by atoms with van der Waals surface area (Å²) in [7, 11) is 0. The van der Waals surface area contributed by atoms with Crippen molar-refractivity contribution in [2.45, 2.75) is 71.5 Å². The van der Waals surface area contributed by atoms with E-state index in [4.69, 9.17) is 4.74 Å². The normalized spacial score (nSPS) is 19.5. The van der Waals surface area contributed by atoms with Crippen LogP contribution in [0.1, 0.15) is 68.8 Å². The van der Waals surface area contributed by atoms with Crippen molar-refractivity contribution in [2.75, 3.05) is 18.0 Å². The molecule has 2 aliphatic rings. The van der Waals surface area contributed by atoms with E-state index in [0.29, 0.717) is 6.61 Å². The summed E-state index contributed by atoms with van der Waals surface area (Å²) < 4.78 is 6.03. The molecule has 2 aliphatic heterocycles. The number of pyridine rings is 1. The predicted octanol–water partition coefficient (Wildman–Crippen LogP) is 3.17. The van der Waals surface area contributed by atoms with Crippen molar-refractivity contribution in [1.29, 1.82) is 5.26 Å². The van der Waals surface area contributed by atoms with E-state index in [2.05, 4.69) is 36.7 Å². The second-order valence-electron chi connectivity index (χ2n) is 7.42. The number of unbranched alkanes of at least 4 members (excludes halogenated alkanes) is 1. The first-order chi connectivity index (χ1) is 11.1. The summed E-state index contributed by atoms with van der Waals surface area (Å²) in [6, 6.07) is 2.49. The third-order valence-corrected chi connectivity index (χ3v) is 5.06. The summed E-state index contributed by atoms with van der Waals surface area (Å²) in [5, 5.41) is 9.83. The Morgan fingerprint density at radius 3 is 2.65 bits per heavy atom. The molecule has 1 aromatic heterocycles. The third kappa shape index (κ3) is 3.21. The molecule has 23 heavy (non-hydrogen) atoms. The van der Waals surface area contributed by atoms with E-state index in [9.17, 15) is 5.26 Å². The molecule has 1 aromatic rings. The van der Waals surface area contributed by atoms with Gasteiger partial charge in [0, 0.05) is 18.4 Å². The van der Waals surface area contributed by atoms with Crippen molar-refractivity contribution in [3.63, 3.8) is 0 Å². The minimum atomic E-state index is -0.190. The summed E-state index contributed by atoms with van der Waals surface area (Å²) >= 11 is 0. The quantitative estimate of drug-likeness (QED) is 0.857. The molecule has 0 aliphatic carbocycles. The number of nitrogens with one attached hydrogen (secondary N) is 1. The maximum atomic E-state index is 9.83. The number of aromatic nitrogens is 1. The molecule has 3 heterocycles. The molecule has 4 nitrogen and oxygen atoms in total. The van der Waals surface area contributed by atoms with E-state index >= 15 is 0 Å². The number of nitriles is 1. The van der Waals surface area contributed by atoms with Gasteiger partial charge in [-0.25, -0.2) is 4.98 Å². The summed E-state index contributed by atoms with van der Waals surface area (Å²) in [4.78, 5) is 5.98. The molecule has 124 valence electrons. The second kappa shape index (κ2) is 6.49. The number of aryl methyl sites for hydroxylation is 1. The number of ether oxygens (including phenoxy) is 1. The largest absolute Gasteiger partial charge is 0.370 e. The molecule has 0 bridgehead atoms. The van der Waals surface area contributed by atoms with Gasteiger partial charge in [-0.2, -0.15) is 5.26 Å². The van der Waals surface area contributed by atoms with Crippen LogP contribution in [0, 0.1) is 11.3 Å². The molecule has 1 fully saturated rings. The van der Waals surface area contributed by atoms with Gasteiger partial charge in [0.05, 0.1) is 25.3 Å². The van der Waals surface area contributed by atoms with E-state index in [0.717, 1.165) is 43.7 Å². The van der Waals surface area contributed by atoms with Crippen molar-refractivity contribution in [3.05, 3.63) is 22.4 Å². The monoisotopic (exact) mass is 314 g/mol. The van der Waals surface area contributed by atoms with Gasteiger partial charge in [0.1, 0.15) is 17.3 Å². The molecule has 1 N–H and O–H groups in total. The Balaban J connectivity index is 2.11. The fourth-order valence-corrected chi connectivity index (χ4v) is 3.74. The lowest BCUT2D eigenvalue weighted by molar-refractivity contribution is -0.378. The summed E-state index contributed by atoms with van der Waals surface area (Å²) in [6.07, 6.45) is 6.63. The van der Waals surface area contributed by atoms with Crippen molar-refractivity contribution < 1.29 is 9.72 Å². The van der Waals surface area contributed by atoms with Gasteiger partial charge in [-0.3, -0.25) is 4.90 Å². The van der Waals surface area contributed by atoms with Crippen molar-refractivity contribution in [1.82, 2.24) is 0 Å². The van der Waals surface area contributed by atoms with Gasteiger partial charge in [0.25, 0.3) is 5.82 Å². The Morgan fingerprint density at radius 1 is 1.26 bits per heavy atom. The van der Waals surface area contributed by atoms with Crippen LogP contribution in [-0.4, -0.2) is 18.7 Å². The van der Waals surface area contributed by atoms with Crippen LogP contribution in [0.2, 0.25) is 0 Å². The molecular formula is C19H28N3O+. The van der Waals surface area contributed by atoms with Gasteiger partial charge in [0.15, 0.2) is 0 Å². The van der Waals surface area contributed by atoms with Gasteiger partial charge < -0.3 is 4.74 Å². The number of hydrogen-bond acceptors (Lipinski definition) is 3. The average molecular weight is 314 g/mol. The number of fused-ring (bicyclic) bond motifs is 1. The molecule has 0 saturated carbocycles. The molecule has 4 heteroatoms. The van der Waals surface area contributed by atoms with Gasteiger partial charge in [-0.05, 0) is 38.7 Å². The first kappa shape index (κ1) is 16.3. The molecule has 3 rings (SSSR count). The van der Waals surface area contributed by atoms with Crippen LogP contribution in [0.15, 0.2) is 0 Å². The van der Waals surface area contributed by atoms with E-state index < -0.39 is 0 Å². The smallest absolute Gasteiger partial charge is 0.293 e. The van der Waals surface area contributed by atoms with Crippen LogP contribution in [0.5, 0.6) is 0 Å². The third-order valence-electron chi connectivity index (χ3n) is 5.06. The molecule has 0 amide bonds. The number of H-pyrrole nitrogens is 1. The maximum Gasteiger partial charge on any atom is 0.293 e. The summed E-state index contributed by atoms with van der Waals surface area (Å²) in [5.74, 6) is 1.05. The predicted molar refractivity (Wildman–Crippen MR) is 90.3 cm³/mol. The van der Waals surface area contributed by atoms with Crippen LogP contribution in [-0.2, 0) is 24.2 Å². The highest BCUT2D eigenvalue weighted by atomic mass is 16.5. The van der Waals surface area contributed by atoms with Crippen molar-refractivity contribution in [2.24, 2.45) is 0 Å². The fourth-order valence-electron chi connectivity index (χ4n) is 3.74. The molecule has 0 aromatic carbocycles. The number of anilines is 1. The Morgan fingerprint density at radius 2 is 2.00 bits per heavy atom. The van der Waals surface area contributed by atoms with Crippen LogP contribution in [0.4, 0.5) is 5.82 Å². The molecular weight excluding hydrogens is 286 g/mol. The zero-order valence-electron chi connectivity index (χ0n) is 14.7. The highest BCUT2D eigenvalue weighted by molar-refractivity contribution is 5.58. The molecule has 0 unspecified atom stereocenters. The van der Waals surface area contributed by atoms with E-state index in [1.54, 1.807) is 0 Å². The summed E-state index contributed by atoms with van der Waals surface area (Å²) in [5.41, 5.74) is 4.38. The highest BCUT2D eigenvalue weighted by Gasteiger charge is 2.35. The van der Waals surface area contributed by atoms with Crippen LogP contribution < -0.4 is 9.88 Å². The van der Waals surface area contributed by atoms with Crippen molar-refractivity contribution >= 4 is 5.82 Å². The standard InChI is InChI=1S/C19H27N3O/c1-4-5-8-17-16-13-23-19(2,3)11-14(16)15(12-20)18(21-17)22-9-6-7-10-22/h4-11,13H2,1-3H3/p+1. The molecule has 1 saturated heterocycles. The highest BCUT2D eigenvalue weighted by Crippen LogP contribution is 2.34. The lowest BCUT2D eigenvalue weighted by Gasteiger charge is -2.33. The molecule has 0 atom stereocenters. The van der Waals surface area contributed by atoms with Crippen LogP contribution >= 0.6 is 0 Å². The summed E-state index contributed by atoms with van der Waals surface area (Å²) in [6.45, 7) is 9.18. The Bertz CT molecular complexity index is 624. The van der Waals surface area contributed by atoms with Gasteiger partial charge in [-0.15, -0.1) is 0 Å². The maximum absolute atomic E-state index is 9.83. The number of rotatable bonds is 4. The van der Waals surface area contributed by atoms with Crippen molar-refractivity contribution in [3.8, 4) is 6.07 Å². The zero-order chi connectivity index (χ0) is 16.4. The Kier molecular flexibility index (Phi) is 4.59. The second-order valence-corrected chi connectivity index (χ2v) is 7.42. The topological polar surface area (TPSA) is 50.4 Å². The lowest BCUT2D eigenvalue weighted by Crippen LogP contribution is -2.38. The zero-order valence-corrected chi connectivity index (χ0v) is 14.7. The number of aromatic amines is 1. The van der Waals surface area contributed by atoms with Gasteiger partial charge >= 0.3 is 0 Å². The SMILES string of the molecule is CCCCc1[nH+]c(N2CCCC2)c(C#N)c2c1COC(C)(C)C2. The lowest BCUT2D eigenvalue weighted by atomic mass is 9.87. The number of nitrogens with zero attached hydrogens (tertiary/aromatic N) is 2. The van der Waals surface area contributed by atoms with Gasteiger partial charge in [0.2, 0.25) is 0 Å². The Hall–Kier alpha value is -1.60. The first-order valence-electron chi connectivity index (χ1n) is 8.94. The van der Waals surface area contributed by atoms with E-state index in [1.165, 1.54) is 36.1 Å². The van der Waals surface area contributed by atoms with E-state index in [-0.39, 0.29) is 5.60 Å². The minimum Gasteiger partial charge on any atom is -0.370 e. The Labute approximate surface area is 139 Å². The molecule has 0 spiro atoms. The fraction of sp³-hybridized carbons (Fsp3) is 0.684. The van der Waals surface area contributed by atoms with Crippen LogP contribution in [0.3, 0.4) is 0 Å². The van der Waals surface area contributed by atoms with Crippen LogP contribution in [0.25, 0.3) is 0 Å². The van der Waals surface area contributed by atoms with Gasteiger partial charge in [-0.1, -0.05) is 13.3 Å². The number of hydrogen-bond donors (Lipinski definition) is 0. The average Bonchev–Trinajstić information content (AvgIpc) is 3.05. The van der Waals surface area contributed by atoms with E-state index in [1.807, 2.05) is 0 Å².